The molecule has 19 heavy (non-hydrogen) atoms. The third-order valence-electron chi connectivity index (χ3n) is 3.08. The monoisotopic (exact) mass is 270 g/mol. The number of ether oxygens (including phenoxy) is 1. The summed E-state index contributed by atoms with van der Waals surface area (Å²) in [6, 6.07) is 15.6. The molecular weight excluding hydrogens is 256 g/mol. The molecule has 1 aliphatic heterocycles. The molecule has 1 atom stereocenters. The number of hydrogen-bond donors (Lipinski definition) is 0. The molecule has 3 heteroatoms. The molecular formula is C16H14O2S. The molecule has 2 aromatic carbocycles. The number of aryl methyl sites for hydroxylation is 1. The molecule has 2 nitrogen and oxygen atoms in total. The maximum absolute atomic E-state index is 12.5. The predicted octanol–water partition coefficient (Wildman–Crippen LogP) is 3.54. The minimum Gasteiger partial charge on any atom is -0.488 e. The van der Waals surface area contributed by atoms with Crippen LogP contribution in [-0.2, 0) is 10.8 Å². The Hall–Kier alpha value is -1.87. The van der Waals surface area contributed by atoms with Crippen LogP contribution < -0.4 is 4.74 Å². The molecule has 0 fully saturated rings. The maximum Gasteiger partial charge on any atom is 0.127 e. The Balaban J connectivity index is 1.93. The van der Waals surface area contributed by atoms with E-state index in [4.69, 9.17) is 4.74 Å². The van der Waals surface area contributed by atoms with Gasteiger partial charge in [-0.05, 0) is 31.2 Å². The van der Waals surface area contributed by atoms with Crippen LogP contribution in [0.15, 0.2) is 58.3 Å². The molecule has 0 amide bonds. The molecule has 1 heterocycles. The molecule has 0 bridgehead atoms. The van der Waals surface area contributed by atoms with Gasteiger partial charge in [-0.3, -0.25) is 0 Å². The number of rotatable bonds is 2. The highest BCUT2D eigenvalue weighted by Gasteiger charge is 2.16. The Bertz CT molecular complexity index is 657. The molecule has 0 aromatic heterocycles. The van der Waals surface area contributed by atoms with E-state index in [-0.39, 0.29) is 0 Å². The Kier molecular flexibility index (Phi) is 3.22. The third-order valence-corrected chi connectivity index (χ3v) is 4.49. The zero-order valence-electron chi connectivity index (χ0n) is 10.6. The third kappa shape index (κ3) is 2.47. The normalized spacial score (nSPS) is 15.1. The van der Waals surface area contributed by atoms with Crippen LogP contribution in [0.3, 0.4) is 0 Å². The first-order chi connectivity index (χ1) is 9.24. The molecule has 0 N–H and O–H groups in total. The molecule has 0 saturated carbocycles. The van der Waals surface area contributed by atoms with Gasteiger partial charge < -0.3 is 4.74 Å². The largest absolute Gasteiger partial charge is 0.488 e. The second-order valence-corrected chi connectivity index (χ2v) is 6.05. The van der Waals surface area contributed by atoms with Crippen molar-refractivity contribution in [3.8, 4) is 5.75 Å². The molecule has 0 aliphatic carbocycles. The van der Waals surface area contributed by atoms with E-state index in [2.05, 4.69) is 0 Å². The van der Waals surface area contributed by atoms with Crippen LogP contribution in [0.25, 0.3) is 6.08 Å². The van der Waals surface area contributed by atoms with Crippen molar-refractivity contribution in [3.05, 3.63) is 64.6 Å². The lowest BCUT2D eigenvalue weighted by atomic mass is 10.1. The summed E-state index contributed by atoms with van der Waals surface area (Å²) in [4.78, 5) is 1.63. The molecule has 3 rings (SSSR count). The van der Waals surface area contributed by atoms with Crippen LogP contribution in [-0.4, -0.2) is 10.8 Å². The van der Waals surface area contributed by atoms with Gasteiger partial charge in [0.2, 0.25) is 0 Å². The Labute approximate surface area is 115 Å². The zero-order valence-corrected chi connectivity index (χ0v) is 11.4. The predicted molar refractivity (Wildman–Crippen MR) is 77.5 cm³/mol. The standard InChI is InChI=1S/C16H14O2S/c1-12-6-8-14(9-7-12)19(17)15-10-13-4-2-3-5-16(13)18-11-15/h2-10H,11H2,1H3/t19-/m0/s1. The number of para-hydroxylation sites is 1. The summed E-state index contributed by atoms with van der Waals surface area (Å²) in [5.41, 5.74) is 2.16. The Morgan fingerprint density at radius 1 is 1.05 bits per heavy atom. The number of benzene rings is 2. The van der Waals surface area contributed by atoms with Crippen molar-refractivity contribution in [2.24, 2.45) is 0 Å². The molecule has 2 aromatic rings. The highest BCUT2D eigenvalue weighted by molar-refractivity contribution is 7.89. The minimum absolute atomic E-state index is 0.386. The van der Waals surface area contributed by atoms with Crippen LogP contribution in [0.5, 0.6) is 5.75 Å². The summed E-state index contributed by atoms with van der Waals surface area (Å²) in [6.07, 6.45) is 1.97. The second kappa shape index (κ2) is 5.02. The van der Waals surface area contributed by atoms with E-state index < -0.39 is 10.8 Å². The molecule has 0 unspecified atom stereocenters. The summed E-state index contributed by atoms with van der Waals surface area (Å²) in [6.45, 7) is 2.41. The lowest BCUT2D eigenvalue weighted by Gasteiger charge is -2.17. The van der Waals surface area contributed by atoms with E-state index in [1.807, 2.05) is 61.5 Å². The van der Waals surface area contributed by atoms with Crippen LogP contribution in [0, 0.1) is 6.92 Å². The Morgan fingerprint density at radius 3 is 2.58 bits per heavy atom. The minimum atomic E-state index is -1.15. The van der Waals surface area contributed by atoms with Crippen LogP contribution in [0.1, 0.15) is 11.1 Å². The summed E-state index contributed by atoms with van der Waals surface area (Å²) < 4.78 is 18.1. The van der Waals surface area contributed by atoms with Crippen molar-refractivity contribution in [3.63, 3.8) is 0 Å². The first kappa shape index (κ1) is 12.2. The highest BCUT2D eigenvalue weighted by Crippen LogP contribution is 2.28. The van der Waals surface area contributed by atoms with Gasteiger partial charge in [-0.2, -0.15) is 0 Å². The molecule has 0 spiro atoms. The van der Waals surface area contributed by atoms with Crippen molar-refractivity contribution >= 4 is 16.9 Å². The van der Waals surface area contributed by atoms with Crippen LogP contribution in [0.4, 0.5) is 0 Å². The smallest absolute Gasteiger partial charge is 0.127 e. The van der Waals surface area contributed by atoms with Crippen molar-refractivity contribution in [2.75, 3.05) is 6.61 Å². The summed E-state index contributed by atoms with van der Waals surface area (Å²) in [5, 5.41) is 0. The second-order valence-electron chi connectivity index (χ2n) is 4.52. The summed E-state index contributed by atoms with van der Waals surface area (Å²) in [7, 11) is -1.15. The van der Waals surface area contributed by atoms with E-state index >= 15 is 0 Å². The van der Waals surface area contributed by atoms with E-state index in [0.29, 0.717) is 6.61 Å². The van der Waals surface area contributed by atoms with E-state index in [1.165, 1.54) is 5.56 Å². The van der Waals surface area contributed by atoms with Crippen LogP contribution in [0.2, 0.25) is 0 Å². The van der Waals surface area contributed by atoms with Gasteiger partial charge in [0.05, 0.1) is 15.7 Å². The van der Waals surface area contributed by atoms with Crippen molar-refractivity contribution in [1.29, 1.82) is 0 Å². The quantitative estimate of drug-likeness (QED) is 0.834. The first-order valence-corrected chi connectivity index (χ1v) is 7.30. The van der Waals surface area contributed by atoms with Gasteiger partial charge >= 0.3 is 0 Å². The molecule has 0 radical (unpaired) electrons. The van der Waals surface area contributed by atoms with Crippen molar-refractivity contribution in [1.82, 2.24) is 0 Å². The van der Waals surface area contributed by atoms with Gasteiger partial charge in [-0.1, -0.05) is 35.9 Å². The average Bonchev–Trinajstić information content (AvgIpc) is 2.47. The highest BCUT2D eigenvalue weighted by atomic mass is 32.2. The topological polar surface area (TPSA) is 26.3 Å². The molecule has 0 saturated heterocycles. The van der Waals surface area contributed by atoms with Crippen molar-refractivity contribution in [2.45, 2.75) is 11.8 Å². The SMILES string of the molecule is Cc1ccc([S@](=O)C2=Cc3ccccc3OC2)cc1. The van der Waals surface area contributed by atoms with Gasteiger partial charge in [-0.15, -0.1) is 0 Å². The number of fused-ring (bicyclic) bond motifs is 1. The van der Waals surface area contributed by atoms with Gasteiger partial charge in [0.15, 0.2) is 0 Å². The van der Waals surface area contributed by atoms with E-state index in [1.54, 1.807) is 0 Å². The van der Waals surface area contributed by atoms with Crippen molar-refractivity contribution < 1.29 is 8.95 Å². The van der Waals surface area contributed by atoms with Gasteiger partial charge in [0.1, 0.15) is 12.4 Å². The van der Waals surface area contributed by atoms with Gasteiger partial charge in [0, 0.05) is 10.5 Å². The summed E-state index contributed by atoms with van der Waals surface area (Å²) >= 11 is 0. The van der Waals surface area contributed by atoms with E-state index in [9.17, 15) is 4.21 Å². The molecule has 1 aliphatic rings. The molecule has 96 valence electrons. The average molecular weight is 270 g/mol. The Morgan fingerprint density at radius 2 is 1.79 bits per heavy atom. The van der Waals surface area contributed by atoms with Gasteiger partial charge in [0.25, 0.3) is 0 Å². The fourth-order valence-corrected chi connectivity index (χ4v) is 3.10. The van der Waals surface area contributed by atoms with Gasteiger partial charge in [-0.25, -0.2) is 4.21 Å². The first-order valence-electron chi connectivity index (χ1n) is 6.15. The summed E-state index contributed by atoms with van der Waals surface area (Å²) in [5.74, 6) is 0.854. The van der Waals surface area contributed by atoms with E-state index in [0.717, 1.165) is 21.1 Å². The fraction of sp³-hybridized carbons (Fsp3) is 0.125. The maximum atomic E-state index is 12.5. The lowest BCUT2D eigenvalue weighted by molar-refractivity contribution is 0.354. The van der Waals surface area contributed by atoms with Crippen LogP contribution >= 0.6 is 0 Å². The number of hydrogen-bond acceptors (Lipinski definition) is 2. The lowest BCUT2D eigenvalue weighted by Crippen LogP contribution is -2.11. The fourth-order valence-electron chi connectivity index (χ4n) is 2.02. The zero-order chi connectivity index (χ0) is 13.2.